The van der Waals surface area contributed by atoms with Gasteiger partial charge in [-0.2, -0.15) is 0 Å². The smallest absolute Gasteiger partial charge is 0.793 e. The van der Waals surface area contributed by atoms with Crippen molar-refractivity contribution < 1.29 is 101 Å². The Morgan fingerprint density at radius 1 is 0.516 bits per heavy atom. The van der Waals surface area contributed by atoms with Crippen LogP contribution in [0.1, 0.15) is 211 Å². The minimum absolute atomic E-state index is 0. The molecule has 15 nitrogen and oxygen atoms in total. The maximum atomic E-state index is 11.8. The van der Waals surface area contributed by atoms with E-state index in [0.29, 0.717) is 56.9 Å². The number of halogens is 1. The van der Waals surface area contributed by atoms with Gasteiger partial charge in [0.05, 0.1) is 0 Å². The molecule has 4 heterocycles. The zero-order chi connectivity index (χ0) is 65.3. The maximum Gasteiger partial charge on any atom is 1.00 e. The number of ether oxygens (including phenoxy) is 4. The summed E-state index contributed by atoms with van der Waals surface area (Å²) >= 11 is 6.00. The number of rotatable bonds is 4. The molecule has 0 aromatic heterocycles. The molecule has 0 N–H and O–H groups in total. The van der Waals surface area contributed by atoms with Crippen molar-refractivity contribution in [3.8, 4) is 0 Å². The first-order chi connectivity index (χ1) is 42.1. The first kappa shape index (κ1) is 76.9. The fourth-order valence-electron chi connectivity index (χ4n) is 15.4. The third-order valence-corrected chi connectivity index (χ3v) is 22.3. The summed E-state index contributed by atoms with van der Waals surface area (Å²) in [5.41, 5.74) is 9.34. The van der Waals surface area contributed by atoms with Crippen molar-refractivity contribution >= 4 is 67.7 Å². The molecule has 4 aliphatic heterocycles. The molecule has 91 heavy (non-hydrogen) atoms. The van der Waals surface area contributed by atoms with Gasteiger partial charge in [-0.05, 0) is 168 Å². The molecule has 3 radical (unpaired) electrons. The number of allylic oxidation sites excluding steroid dienone is 8. The van der Waals surface area contributed by atoms with Crippen molar-refractivity contribution in [1.82, 2.24) is 0 Å². The zero-order valence-corrected chi connectivity index (χ0v) is 58.2. The molecular formula is C73H102BClNaO15. The Balaban J connectivity index is 0.000000205. The number of hydrogen-bond donors (Lipinski definition) is 0. The number of carbonyl (C=O) groups is 8. The topological polar surface area (TPSA) is 201 Å². The largest absolute Gasteiger partial charge is 1.00 e. The summed E-state index contributed by atoms with van der Waals surface area (Å²) < 4.78 is 26.0. The molecule has 16 atom stereocenters. The second kappa shape index (κ2) is 33.1. The van der Waals surface area contributed by atoms with E-state index in [4.69, 9.17) is 30.5 Å². The number of carbonyl (C=O) groups excluding carboxylic acids is 8. The van der Waals surface area contributed by atoms with Crippen LogP contribution in [0.25, 0.3) is 0 Å². The van der Waals surface area contributed by atoms with Gasteiger partial charge in [-0.25, -0.2) is 38.5 Å². The van der Waals surface area contributed by atoms with Gasteiger partial charge in [-0.3, -0.25) is 9.59 Å². The van der Waals surface area contributed by atoms with E-state index in [1.807, 2.05) is 0 Å². The molecule has 8 fully saturated rings. The zero-order valence-electron chi connectivity index (χ0n) is 55.5. The SMILES string of the molecule is C.C=C1C(=O)O[C@@H]2C3CC3(C)CC/C=C(/C=O)CC[C@@H]12.C=C1C(=O)O[C@@H]2C3CC3(C)CC/C=C(/CC)CC[C@@H]12.C=C1C(=O)O[C@@H]2C3CC3(C)CC/C=C(/CC)CC[C@@H]12.C=C1C(=O)O[C@@H]2C3CC3(C)CC/C=C(/CCl)CC[C@@H]12.CC(=O)OOC(C)=O.[B-]OC(C)=O.[Na+]. The Hall–Kier alpha value is -4.77. The molecule has 8 unspecified atom stereocenters. The molecule has 4 saturated carbocycles. The molecule has 495 valence electrons. The van der Waals surface area contributed by atoms with Crippen LogP contribution in [-0.2, 0) is 71.7 Å². The molecule has 8 aliphatic carbocycles. The van der Waals surface area contributed by atoms with Gasteiger partial charge in [0.2, 0.25) is 5.97 Å². The van der Waals surface area contributed by atoms with E-state index in [-0.39, 0.29) is 114 Å². The van der Waals surface area contributed by atoms with Gasteiger partial charge >= 0.3 is 65.4 Å². The van der Waals surface area contributed by atoms with Crippen LogP contribution in [0.15, 0.2) is 95.2 Å². The van der Waals surface area contributed by atoms with E-state index in [9.17, 15) is 38.4 Å². The van der Waals surface area contributed by atoms with Gasteiger partial charge in [0.1, 0.15) is 30.7 Å². The number of alkyl halides is 1. The van der Waals surface area contributed by atoms with Crippen LogP contribution in [0.5, 0.6) is 0 Å². The van der Waals surface area contributed by atoms with E-state index in [1.165, 1.54) is 75.0 Å². The molecule has 4 saturated heterocycles. The number of hydrogen-bond acceptors (Lipinski definition) is 15. The summed E-state index contributed by atoms with van der Waals surface area (Å²) in [6.45, 7) is 33.0. The Bertz CT molecular complexity index is 2690. The molecule has 0 amide bonds. The third-order valence-electron chi connectivity index (χ3n) is 22.0. The summed E-state index contributed by atoms with van der Waals surface area (Å²) in [6.07, 6.45) is 34.2. The van der Waals surface area contributed by atoms with Gasteiger partial charge in [0, 0.05) is 96.3 Å². The molecule has 0 aromatic carbocycles. The van der Waals surface area contributed by atoms with Crippen LogP contribution < -0.4 is 29.6 Å². The monoisotopic (exact) mass is 1290 g/mol. The minimum atomic E-state index is -0.639. The van der Waals surface area contributed by atoms with Crippen molar-refractivity contribution in [2.24, 2.45) is 69.0 Å². The van der Waals surface area contributed by atoms with Crippen molar-refractivity contribution in [1.29, 1.82) is 0 Å². The van der Waals surface area contributed by atoms with Crippen molar-refractivity contribution in [2.45, 2.75) is 235 Å². The molecule has 12 aliphatic rings. The quantitative estimate of drug-likeness (QED) is 0.0296. The van der Waals surface area contributed by atoms with E-state index in [0.717, 1.165) is 127 Å². The normalized spacial score (nSPS) is 38.4. The Morgan fingerprint density at radius 2 is 0.780 bits per heavy atom. The number of aldehydes is 1. The van der Waals surface area contributed by atoms with Gasteiger partial charge in [-0.1, -0.05) is 116 Å². The maximum absolute atomic E-state index is 11.8. The molecule has 12 rings (SSSR count). The second-order valence-electron chi connectivity index (χ2n) is 28.3. The summed E-state index contributed by atoms with van der Waals surface area (Å²) in [6, 6.07) is 0. The molecular weight excluding hydrogens is 1190 g/mol. The van der Waals surface area contributed by atoms with Crippen molar-refractivity contribution in [3.05, 3.63) is 95.2 Å². The first-order valence-corrected chi connectivity index (χ1v) is 33.2. The van der Waals surface area contributed by atoms with Crippen LogP contribution in [0.4, 0.5) is 0 Å². The van der Waals surface area contributed by atoms with Crippen molar-refractivity contribution in [3.63, 3.8) is 0 Å². The number of fused-ring (bicyclic) bond motifs is 12. The summed E-state index contributed by atoms with van der Waals surface area (Å²) in [5.74, 6) is 1.10. The van der Waals surface area contributed by atoms with Gasteiger partial charge < -0.3 is 31.7 Å². The first-order valence-electron chi connectivity index (χ1n) is 32.7. The molecule has 18 heteroatoms. The van der Waals surface area contributed by atoms with E-state index < -0.39 is 17.9 Å². The molecule has 0 spiro atoms. The van der Waals surface area contributed by atoms with Gasteiger partial charge in [0.25, 0.3) is 0 Å². The van der Waals surface area contributed by atoms with Gasteiger partial charge in [0.15, 0.2) is 0 Å². The fourth-order valence-corrected chi connectivity index (χ4v) is 15.7. The second-order valence-corrected chi connectivity index (χ2v) is 28.5. The summed E-state index contributed by atoms with van der Waals surface area (Å²) in [7, 11) is 4.32. The molecule has 0 bridgehead atoms. The predicted molar refractivity (Wildman–Crippen MR) is 346 cm³/mol. The summed E-state index contributed by atoms with van der Waals surface area (Å²) in [4.78, 5) is 95.0. The number of esters is 4. The van der Waals surface area contributed by atoms with Gasteiger partial charge in [-0.15, -0.1) is 11.6 Å². The average Bonchev–Trinajstić information content (AvgIpc) is 1.62. The average molecular weight is 1290 g/mol. The minimum Gasteiger partial charge on any atom is -0.793 e. The van der Waals surface area contributed by atoms with Crippen LogP contribution in [0.3, 0.4) is 0 Å². The standard InChI is InChI=1S/2C17H24O2.C16H21ClO2.C16H20O3.C4H6O4.C2H3BO2.CH4.Na/c2*1-4-12-6-5-9-17(3)10-14(17)15-13(8-7-12)11(2)16(18)19-15;2*1-10-12-6-5-11(9-17)4-3-7-16(2)8-13(16)14(12)19-15(10)18;1-3(5)7-8-4(2)6;1-2(4)5-3;;/h2*6,13-15H,2,4-5,7-10H2,1,3H3;4,12-14H,1,3,5-9H2,2H3;4,9,12-14H,1,3,5-8H2,2H3;1-2H3;1H3;1H4;/q;;;;;-1;;+1/b2*12-6-;2*11-4+;;;;/t2*13-,14?,15-,17?;2*12-,13?,14-,16?;;;;/m0000..../s1. The van der Waals surface area contributed by atoms with E-state index >= 15 is 0 Å². The fraction of sp³-hybridized carbons (Fsp3) is 0.671. The van der Waals surface area contributed by atoms with Crippen LogP contribution in [-0.4, -0.2) is 86.4 Å². The van der Waals surface area contributed by atoms with Crippen LogP contribution >= 0.6 is 11.6 Å². The van der Waals surface area contributed by atoms with Crippen LogP contribution in [0, 0.1) is 69.0 Å². The predicted octanol–water partition coefficient (Wildman–Crippen LogP) is 12.0. The molecule has 0 aromatic rings. The Labute approximate surface area is 570 Å². The summed E-state index contributed by atoms with van der Waals surface area (Å²) in [5, 5.41) is 0. The Kier molecular flexibility index (Phi) is 28.0. The van der Waals surface area contributed by atoms with Crippen LogP contribution in [0.2, 0.25) is 0 Å². The van der Waals surface area contributed by atoms with E-state index in [1.54, 1.807) is 0 Å². The van der Waals surface area contributed by atoms with Crippen molar-refractivity contribution in [2.75, 3.05) is 5.88 Å². The Morgan fingerprint density at radius 3 is 1.03 bits per heavy atom. The third kappa shape index (κ3) is 19.5. The van der Waals surface area contributed by atoms with E-state index in [2.05, 4.69) is 115 Å².